The van der Waals surface area contributed by atoms with Crippen molar-refractivity contribution in [1.82, 2.24) is 0 Å². The molecule has 8 heteroatoms. The van der Waals surface area contributed by atoms with E-state index in [-0.39, 0.29) is 30.6 Å². The van der Waals surface area contributed by atoms with E-state index in [0.29, 0.717) is 11.4 Å². The van der Waals surface area contributed by atoms with Crippen LogP contribution in [0.1, 0.15) is 20.8 Å². The highest BCUT2D eigenvalue weighted by Crippen LogP contribution is 2.19. The lowest BCUT2D eigenvalue weighted by Gasteiger charge is -2.21. The van der Waals surface area contributed by atoms with E-state index >= 15 is 0 Å². The quantitative estimate of drug-likeness (QED) is 0.737. The molecular weight excluding hydrogens is 314 g/mol. The summed E-state index contributed by atoms with van der Waals surface area (Å²) >= 11 is 0. The van der Waals surface area contributed by atoms with Gasteiger partial charge in [-0.15, -0.1) is 12.4 Å². The first kappa shape index (κ1) is 19.7. The summed E-state index contributed by atoms with van der Waals surface area (Å²) < 4.78 is 25.2. The van der Waals surface area contributed by atoms with Crippen molar-refractivity contribution < 1.29 is 13.2 Å². The van der Waals surface area contributed by atoms with Crippen LogP contribution in [0.25, 0.3) is 0 Å². The van der Waals surface area contributed by atoms with Gasteiger partial charge in [-0.2, -0.15) is 0 Å². The summed E-state index contributed by atoms with van der Waals surface area (Å²) in [7, 11) is -3.29. The fourth-order valence-electron chi connectivity index (χ4n) is 1.27. The van der Waals surface area contributed by atoms with Crippen molar-refractivity contribution >= 4 is 39.7 Å². The van der Waals surface area contributed by atoms with Crippen molar-refractivity contribution in [3.8, 4) is 0 Å². The molecule has 0 saturated heterocycles. The molecule has 1 aromatic rings. The van der Waals surface area contributed by atoms with Gasteiger partial charge in [-0.25, -0.2) is 8.42 Å². The largest absolute Gasteiger partial charge is 0.329 e. The molecule has 1 rings (SSSR count). The van der Waals surface area contributed by atoms with Crippen LogP contribution in [0.4, 0.5) is 11.4 Å². The topological polar surface area (TPSA) is 101 Å². The number of amides is 1. The van der Waals surface area contributed by atoms with Crippen LogP contribution < -0.4 is 15.8 Å². The Labute approximate surface area is 132 Å². The third kappa shape index (κ3) is 5.91. The van der Waals surface area contributed by atoms with Gasteiger partial charge in [0.1, 0.15) is 0 Å². The minimum Gasteiger partial charge on any atom is -0.329 e. The molecule has 0 spiro atoms. The summed E-state index contributed by atoms with van der Waals surface area (Å²) in [6.45, 7) is 5.32. The molecule has 1 aromatic carbocycles. The van der Waals surface area contributed by atoms with E-state index in [1.165, 1.54) is 0 Å². The number of hydrogen-bond acceptors (Lipinski definition) is 4. The molecule has 0 fully saturated rings. The molecule has 0 saturated carbocycles. The zero-order valence-corrected chi connectivity index (χ0v) is 14.0. The summed E-state index contributed by atoms with van der Waals surface area (Å²) in [5.74, 6) is -0.169. The second kappa shape index (κ2) is 7.63. The lowest BCUT2D eigenvalue weighted by atomic mass is 9.92. The molecule has 0 bridgehead atoms. The number of nitrogens with one attached hydrogen (secondary N) is 2. The van der Waals surface area contributed by atoms with Crippen LogP contribution >= 0.6 is 12.4 Å². The number of carbonyl (C=O) groups excluding carboxylic acids is 1. The SMILES string of the molecule is CCS(=O)(=O)Nc1ccc(NC(=O)C(C)(C)CN)cc1.Cl. The van der Waals surface area contributed by atoms with Crippen LogP contribution in [-0.2, 0) is 14.8 Å². The van der Waals surface area contributed by atoms with E-state index in [2.05, 4.69) is 10.0 Å². The second-order valence-electron chi connectivity index (χ2n) is 5.12. The van der Waals surface area contributed by atoms with Crippen LogP contribution in [0.15, 0.2) is 24.3 Å². The van der Waals surface area contributed by atoms with E-state index < -0.39 is 15.4 Å². The maximum Gasteiger partial charge on any atom is 0.232 e. The standard InChI is InChI=1S/C13H21N3O3S.ClH/c1-4-20(18,19)16-11-7-5-10(6-8-11)15-12(17)13(2,3)9-14;/h5-8,16H,4,9,14H2,1-3H3,(H,15,17);1H. The first-order chi connectivity index (χ1) is 9.20. The van der Waals surface area contributed by atoms with Crippen molar-refractivity contribution in [3.63, 3.8) is 0 Å². The van der Waals surface area contributed by atoms with Crippen LogP contribution in [0.3, 0.4) is 0 Å². The average molecular weight is 336 g/mol. The van der Waals surface area contributed by atoms with Gasteiger partial charge >= 0.3 is 0 Å². The van der Waals surface area contributed by atoms with Gasteiger partial charge in [0.2, 0.25) is 15.9 Å². The Bertz CT molecular complexity index is 571. The Morgan fingerprint density at radius 3 is 2.10 bits per heavy atom. The van der Waals surface area contributed by atoms with Gasteiger partial charge in [0.05, 0.1) is 11.2 Å². The molecule has 21 heavy (non-hydrogen) atoms. The highest BCUT2D eigenvalue weighted by molar-refractivity contribution is 7.92. The monoisotopic (exact) mass is 335 g/mol. The molecule has 6 nitrogen and oxygen atoms in total. The third-order valence-corrected chi connectivity index (χ3v) is 4.23. The van der Waals surface area contributed by atoms with Gasteiger partial charge in [0.15, 0.2) is 0 Å². The minimum absolute atomic E-state index is 0. The number of sulfonamides is 1. The zero-order chi connectivity index (χ0) is 15.4. The summed E-state index contributed by atoms with van der Waals surface area (Å²) in [5, 5.41) is 2.74. The van der Waals surface area contributed by atoms with E-state index in [9.17, 15) is 13.2 Å². The number of nitrogens with two attached hydrogens (primary N) is 1. The Hall–Kier alpha value is -1.31. The van der Waals surface area contributed by atoms with Gasteiger partial charge < -0.3 is 11.1 Å². The molecule has 0 unspecified atom stereocenters. The minimum atomic E-state index is -3.29. The molecule has 1 amide bonds. The number of benzene rings is 1. The van der Waals surface area contributed by atoms with E-state index in [1.807, 2.05) is 0 Å². The number of anilines is 2. The maximum atomic E-state index is 11.9. The highest BCUT2D eigenvalue weighted by Gasteiger charge is 2.25. The highest BCUT2D eigenvalue weighted by atomic mass is 35.5. The van der Waals surface area contributed by atoms with Gasteiger partial charge in [0, 0.05) is 17.9 Å². The molecule has 0 aromatic heterocycles. The first-order valence-electron chi connectivity index (χ1n) is 6.32. The predicted molar refractivity (Wildman–Crippen MR) is 88.2 cm³/mol. The lowest BCUT2D eigenvalue weighted by molar-refractivity contribution is -0.123. The van der Waals surface area contributed by atoms with E-state index in [4.69, 9.17) is 5.73 Å². The fraction of sp³-hybridized carbons (Fsp3) is 0.462. The lowest BCUT2D eigenvalue weighted by Crippen LogP contribution is -2.37. The molecule has 0 aliphatic carbocycles. The van der Waals surface area contributed by atoms with Crippen LogP contribution in [-0.4, -0.2) is 26.6 Å². The van der Waals surface area contributed by atoms with Crippen molar-refractivity contribution in [2.45, 2.75) is 20.8 Å². The molecule has 120 valence electrons. The van der Waals surface area contributed by atoms with Gasteiger partial charge in [0.25, 0.3) is 0 Å². The van der Waals surface area contributed by atoms with Gasteiger partial charge in [-0.05, 0) is 45.0 Å². The second-order valence-corrected chi connectivity index (χ2v) is 7.14. The molecule has 0 aliphatic heterocycles. The van der Waals surface area contributed by atoms with Crippen LogP contribution in [0.5, 0.6) is 0 Å². The summed E-state index contributed by atoms with van der Waals surface area (Å²) in [4.78, 5) is 11.9. The first-order valence-corrected chi connectivity index (χ1v) is 7.97. The van der Waals surface area contributed by atoms with Crippen LogP contribution in [0.2, 0.25) is 0 Å². The van der Waals surface area contributed by atoms with Crippen molar-refractivity contribution in [3.05, 3.63) is 24.3 Å². The Kier molecular flexibility index (Phi) is 7.15. The molecule has 4 N–H and O–H groups in total. The summed E-state index contributed by atoms with van der Waals surface area (Å²) in [5.41, 5.74) is 5.94. The molecule has 0 radical (unpaired) electrons. The number of hydrogen-bond donors (Lipinski definition) is 3. The zero-order valence-electron chi connectivity index (χ0n) is 12.3. The van der Waals surface area contributed by atoms with Crippen LogP contribution in [0, 0.1) is 5.41 Å². The third-order valence-electron chi connectivity index (χ3n) is 2.92. The van der Waals surface area contributed by atoms with E-state index in [1.54, 1.807) is 45.0 Å². The number of halogens is 1. The fourth-order valence-corrected chi connectivity index (χ4v) is 1.91. The Morgan fingerprint density at radius 1 is 1.19 bits per heavy atom. The van der Waals surface area contributed by atoms with Gasteiger partial charge in [-0.3, -0.25) is 9.52 Å². The van der Waals surface area contributed by atoms with Crippen molar-refractivity contribution in [2.24, 2.45) is 11.1 Å². The molecule has 0 atom stereocenters. The summed E-state index contributed by atoms with van der Waals surface area (Å²) in [6, 6.07) is 6.46. The number of carbonyl (C=O) groups is 1. The van der Waals surface area contributed by atoms with E-state index in [0.717, 1.165) is 0 Å². The summed E-state index contributed by atoms with van der Waals surface area (Å²) in [6.07, 6.45) is 0. The predicted octanol–water partition coefficient (Wildman–Crippen LogP) is 1.79. The van der Waals surface area contributed by atoms with Crippen molar-refractivity contribution in [2.75, 3.05) is 22.3 Å². The molecule has 0 aliphatic rings. The normalized spacial score (nSPS) is 11.4. The van der Waals surface area contributed by atoms with Gasteiger partial charge in [-0.1, -0.05) is 0 Å². The molecule has 0 heterocycles. The Morgan fingerprint density at radius 2 is 1.67 bits per heavy atom. The molecular formula is C13H22ClN3O3S. The Balaban J connectivity index is 0.00000400. The smallest absolute Gasteiger partial charge is 0.232 e. The van der Waals surface area contributed by atoms with Crippen molar-refractivity contribution in [1.29, 1.82) is 0 Å². The average Bonchev–Trinajstić information content (AvgIpc) is 2.40. The maximum absolute atomic E-state index is 11.9. The number of rotatable bonds is 6.